The molecule has 0 aliphatic carbocycles. The molecule has 2 rings (SSSR count). The second kappa shape index (κ2) is 5.33. The molecule has 20 heavy (non-hydrogen) atoms. The molecule has 0 amide bonds. The molecule has 1 nitrogen and oxygen atoms in total. The molecule has 0 heterocycles. The Morgan fingerprint density at radius 1 is 1.10 bits per heavy atom. The Kier molecular flexibility index (Phi) is 3.91. The first-order valence-corrected chi connectivity index (χ1v) is 6.61. The van der Waals surface area contributed by atoms with Crippen molar-refractivity contribution in [1.29, 1.82) is 0 Å². The fraction of sp³-hybridized carbons (Fsp3) is 0.294. The van der Waals surface area contributed by atoms with E-state index in [4.69, 9.17) is 5.73 Å². The smallest absolute Gasteiger partial charge is 0.162 e. The lowest BCUT2D eigenvalue weighted by Crippen LogP contribution is -2.36. The maximum atomic E-state index is 13.8. The van der Waals surface area contributed by atoms with Crippen molar-refractivity contribution in [3.63, 3.8) is 0 Å². The van der Waals surface area contributed by atoms with Crippen molar-refractivity contribution in [1.82, 2.24) is 0 Å². The van der Waals surface area contributed by atoms with E-state index in [1.807, 2.05) is 39.0 Å². The Morgan fingerprint density at radius 2 is 1.80 bits per heavy atom. The van der Waals surface area contributed by atoms with Crippen molar-refractivity contribution in [3.05, 3.63) is 70.3 Å². The van der Waals surface area contributed by atoms with Gasteiger partial charge >= 0.3 is 0 Å². The molecule has 1 atom stereocenters. The van der Waals surface area contributed by atoms with Gasteiger partial charge in [0, 0.05) is 5.54 Å². The highest BCUT2D eigenvalue weighted by atomic mass is 19.2. The highest BCUT2D eigenvalue weighted by molar-refractivity contribution is 5.37. The van der Waals surface area contributed by atoms with Gasteiger partial charge in [0.1, 0.15) is 0 Å². The summed E-state index contributed by atoms with van der Waals surface area (Å²) in [7, 11) is 0. The molecule has 0 aliphatic rings. The predicted molar refractivity (Wildman–Crippen MR) is 77.5 cm³/mol. The van der Waals surface area contributed by atoms with Gasteiger partial charge in [-0.15, -0.1) is 0 Å². The molecule has 2 N–H and O–H groups in total. The van der Waals surface area contributed by atoms with Gasteiger partial charge in [0.2, 0.25) is 0 Å². The molecule has 0 aliphatic heterocycles. The third kappa shape index (κ3) is 2.88. The Morgan fingerprint density at radius 3 is 2.50 bits per heavy atom. The lowest BCUT2D eigenvalue weighted by Gasteiger charge is -2.28. The molecule has 3 heteroatoms. The molecular weight excluding hydrogens is 256 g/mol. The van der Waals surface area contributed by atoms with Crippen molar-refractivity contribution in [2.24, 2.45) is 5.73 Å². The fourth-order valence-electron chi connectivity index (χ4n) is 2.53. The molecule has 106 valence electrons. The van der Waals surface area contributed by atoms with E-state index in [-0.39, 0.29) is 6.42 Å². The topological polar surface area (TPSA) is 26.0 Å². The van der Waals surface area contributed by atoms with Crippen molar-refractivity contribution in [2.45, 2.75) is 32.7 Å². The highest BCUT2D eigenvalue weighted by Crippen LogP contribution is 2.28. The molecule has 1 unspecified atom stereocenters. The number of halogens is 2. The average molecular weight is 275 g/mol. The molecule has 0 saturated heterocycles. The zero-order chi connectivity index (χ0) is 14.9. The quantitative estimate of drug-likeness (QED) is 0.900. The van der Waals surface area contributed by atoms with E-state index in [0.717, 1.165) is 22.8 Å². The van der Waals surface area contributed by atoms with Gasteiger partial charge in [0.15, 0.2) is 11.6 Å². The van der Waals surface area contributed by atoms with Gasteiger partial charge in [0.05, 0.1) is 0 Å². The molecular formula is C17H19F2N. The molecule has 0 saturated carbocycles. The first kappa shape index (κ1) is 14.7. The second-order valence-electron chi connectivity index (χ2n) is 5.63. The number of nitrogens with two attached hydrogens (primary N) is 1. The van der Waals surface area contributed by atoms with Crippen LogP contribution in [0.5, 0.6) is 0 Å². The molecule has 0 bridgehead atoms. The second-order valence-corrected chi connectivity index (χ2v) is 5.63. The van der Waals surface area contributed by atoms with Crippen LogP contribution in [-0.2, 0) is 12.0 Å². The minimum Gasteiger partial charge on any atom is -0.321 e. The van der Waals surface area contributed by atoms with Crippen LogP contribution in [0.2, 0.25) is 0 Å². The SMILES string of the molecule is Cc1ccc(C)c(C(C)(N)Cc2cccc(F)c2F)c1. The summed E-state index contributed by atoms with van der Waals surface area (Å²) in [6, 6.07) is 10.2. The van der Waals surface area contributed by atoms with Crippen molar-refractivity contribution >= 4 is 0 Å². The van der Waals surface area contributed by atoms with Crippen LogP contribution in [0.1, 0.15) is 29.2 Å². The lowest BCUT2D eigenvalue weighted by molar-refractivity contribution is 0.452. The van der Waals surface area contributed by atoms with Gasteiger partial charge in [-0.2, -0.15) is 0 Å². The number of aryl methyl sites for hydroxylation is 2. The molecule has 0 radical (unpaired) electrons. The molecule has 2 aromatic carbocycles. The monoisotopic (exact) mass is 275 g/mol. The summed E-state index contributed by atoms with van der Waals surface area (Å²) in [5.41, 5.74) is 9.04. The van der Waals surface area contributed by atoms with E-state index in [2.05, 4.69) is 0 Å². The summed E-state index contributed by atoms with van der Waals surface area (Å²) in [6.07, 6.45) is 0.251. The van der Waals surface area contributed by atoms with Crippen LogP contribution in [0.4, 0.5) is 8.78 Å². The first-order chi connectivity index (χ1) is 9.31. The van der Waals surface area contributed by atoms with E-state index < -0.39 is 17.2 Å². The summed E-state index contributed by atoms with van der Waals surface area (Å²) in [5.74, 6) is -1.64. The minimum atomic E-state index is -0.834. The third-order valence-corrected chi connectivity index (χ3v) is 3.60. The number of rotatable bonds is 3. The van der Waals surface area contributed by atoms with Crippen LogP contribution in [0.3, 0.4) is 0 Å². The van der Waals surface area contributed by atoms with Crippen molar-refractivity contribution in [2.75, 3.05) is 0 Å². The summed E-state index contributed by atoms with van der Waals surface area (Å²) < 4.78 is 27.1. The molecule has 2 aromatic rings. The van der Waals surface area contributed by atoms with Crippen LogP contribution in [0.25, 0.3) is 0 Å². The van der Waals surface area contributed by atoms with Gasteiger partial charge in [-0.05, 0) is 49.9 Å². The predicted octanol–water partition coefficient (Wildman–Crippen LogP) is 4.00. The van der Waals surface area contributed by atoms with E-state index >= 15 is 0 Å². The normalized spacial score (nSPS) is 14.1. The van der Waals surface area contributed by atoms with E-state index in [1.165, 1.54) is 6.07 Å². The van der Waals surface area contributed by atoms with Crippen molar-refractivity contribution in [3.8, 4) is 0 Å². The van der Waals surface area contributed by atoms with Crippen molar-refractivity contribution < 1.29 is 8.78 Å². The van der Waals surface area contributed by atoms with Gasteiger partial charge in [-0.3, -0.25) is 0 Å². The van der Waals surface area contributed by atoms with Crippen LogP contribution in [-0.4, -0.2) is 0 Å². The van der Waals surface area contributed by atoms with Crippen LogP contribution in [0, 0.1) is 25.5 Å². The molecule has 0 spiro atoms. The van der Waals surface area contributed by atoms with Gasteiger partial charge in [-0.25, -0.2) is 8.78 Å². The standard InChI is InChI=1S/C17H19F2N/c1-11-7-8-12(2)14(9-11)17(3,20)10-13-5-4-6-15(18)16(13)19/h4-9H,10,20H2,1-3H3. The zero-order valence-corrected chi connectivity index (χ0v) is 12.0. The lowest BCUT2D eigenvalue weighted by atomic mass is 9.83. The average Bonchev–Trinajstić information content (AvgIpc) is 2.37. The Bertz CT molecular complexity index is 633. The number of hydrogen-bond donors (Lipinski definition) is 1. The molecule has 0 aromatic heterocycles. The Hall–Kier alpha value is -1.74. The number of hydrogen-bond acceptors (Lipinski definition) is 1. The zero-order valence-electron chi connectivity index (χ0n) is 12.0. The number of benzene rings is 2. The summed E-state index contributed by atoms with van der Waals surface area (Å²) >= 11 is 0. The summed E-state index contributed by atoms with van der Waals surface area (Å²) in [5, 5.41) is 0. The largest absolute Gasteiger partial charge is 0.321 e. The van der Waals surface area contributed by atoms with Gasteiger partial charge in [-0.1, -0.05) is 35.9 Å². The van der Waals surface area contributed by atoms with Gasteiger partial charge in [0.25, 0.3) is 0 Å². The maximum Gasteiger partial charge on any atom is 0.162 e. The Balaban J connectivity index is 2.40. The minimum absolute atomic E-state index is 0.251. The van der Waals surface area contributed by atoms with Crippen LogP contribution < -0.4 is 5.73 Å². The van der Waals surface area contributed by atoms with Crippen LogP contribution in [0.15, 0.2) is 36.4 Å². The van der Waals surface area contributed by atoms with E-state index in [1.54, 1.807) is 6.07 Å². The molecule has 0 fully saturated rings. The van der Waals surface area contributed by atoms with Gasteiger partial charge < -0.3 is 5.73 Å². The summed E-state index contributed by atoms with van der Waals surface area (Å²) in [6.45, 7) is 5.81. The summed E-state index contributed by atoms with van der Waals surface area (Å²) in [4.78, 5) is 0. The van der Waals surface area contributed by atoms with E-state index in [0.29, 0.717) is 5.56 Å². The maximum absolute atomic E-state index is 13.8. The van der Waals surface area contributed by atoms with Crippen LogP contribution >= 0.6 is 0 Å². The fourth-order valence-corrected chi connectivity index (χ4v) is 2.53. The highest BCUT2D eigenvalue weighted by Gasteiger charge is 2.25. The Labute approximate surface area is 118 Å². The van der Waals surface area contributed by atoms with E-state index in [9.17, 15) is 8.78 Å². The first-order valence-electron chi connectivity index (χ1n) is 6.61. The third-order valence-electron chi connectivity index (χ3n) is 3.60.